The van der Waals surface area contributed by atoms with Gasteiger partial charge in [-0.25, -0.2) is 0 Å². The molecule has 0 aliphatic carbocycles. The van der Waals surface area contributed by atoms with Gasteiger partial charge in [-0.15, -0.1) is 0 Å². The summed E-state index contributed by atoms with van der Waals surface area (Å²) in [6.07, 6.45) is 2.56. The van der Waals surface area contributed by atoms with Crippen molar-refractivity contribution < 1.29 is 9.59 Å². The molecule has 0 bridgehead atoms. The van der Waals surface area contributed by atoms with Crippen molar-refractivity contribution >= 4 is 11.8 Å². The Balaban J connectivity index is 1.79. The molecule has 2 amide bonds. The van der Waals surface area contributed by atoms with Crippen LogP contribution in [0.4, 0.5) is 0 Å². The number of rotatable bonds is 7. The van der Waals surface area contributed by atoms with E-state index in [4.69, 9.17) is 5.73 Å². The fourth-order valence-corrected chi connectivity index (χ4v) is 3.36. The van der Waals surface area contributed by atoms with Gasteiger partial charge in [0, 0.05) is 5.92 Å². The Morgan fingerprint density at radius 3 is 2.28 bits per heavy atom. The zero-order valence-electron chi connectivity index (χ0n) is 15.6. The average molecular weight is 345 g/mol. The Morgan fingerprint density at radius 2 is 1.76 bits per heavy atom. The number of hydrogen-bond donors (Lipinski definition) is 2. The summed E-state index contributed by atoms with van der Waals surface area (Å²) in [4.78, 5) is 25.6. The lowest BCUT2D eigenvalue weighted by molar-refractivity contribution is -0.124. The van der Waals surface area contributed by atoms with Crippen molar-refractivity contribution in [2.45, 2.75) is 46.1 Å². The van der Waals surface area contributed by atoms with Crippen molar-refractivity contribution in [1.29, 1.82) is 0 Å². The summed E-state index contributed by atoms with van der Waals surface area (Å²) in [5.74, 6) is 0.402. The second kappa shape index (κ2) is 8.99. The van der Waals surface area contributed by atoms with Gasteiger partial charge in [-0.3, -0.25) is 14.5 Å². The number of primary amides is 1. The van der Waals surface area contributed by atoms with Gasteiger partial charge in [-0.2, -0.15) is 0 Å². The molecular formula is C20H31N3O2. The van der Waals surface area contributed by atoms with E-state index in [9.17, 15) is 9.59 Å². The quantitative estimate of drug-likeness (QED) is 0.796. The van der Waals surface area contributed by atoms with E-state index < -0.39 is 0 Å². The van der Waals surface area contributed by atoms with Gasteiger partial charge in [0.05, 0.1) is 12.6 Å². The fourth-order valence-electron chi connectivity index (χ4n) is 3.36. The summed E-state index contributed by atoms with van der Waals surface area (Å²) in [7, 11) is 0. The molecule has 1 aromatic rings. The average Bonchev–Trinajstić information content (AvgIpc) is 2.55. The minimum absolute atomic E-state index is 0.0104. The van der Waals surface area contributed by atoms with E-state index in [1.165, 1.54) is 5.56 Å². The Bertz CT molecular complexity index is 575. The molecule has 1 aromatic carbocycles. The second-order valence-electron chi connectivity index (χ2n) is 7.58. The highest BCUT2D eigenvalue weighted by molar-refractivity contribution is 5.79. The van der Waals surface area contributed by atoms with Crippen LogP contribution in [0.3, 0.4) is 0 Å². The van der Waals surface area contributed by atoms with Gasteiger partial charge in [-0.05, 0) is 56.3 Å². The second-order valence-corrected chi connectivity index (χ2v) is 7.58. The van der Waals surface area contributed by atoms with Crippen molar-refractivity contribution in [3.63, 3.8) is 0 Å². The number of nitrogens with zero attached hydrogens (tertiary/aromatic N) is 1. The maximum absolute atomic E-state index is 12.3. The van der Waals surface area contributed by atoms with Crippen LogP contribution in [0.5, 0.6) is 0 Å². The van der Waals surface area contributed by atoms with Gasteiger partial charge in [0.25, 0.3) is 0 Å². The first kappa shape index (κ1) is 19.4. The molecule has 1 atom stereocenters. The molecule has 3 N–H and O–H groups in total. The number of nitrogens with two attached hydrogens (primary N) is 1. The monoisotopic (exact) mass is 345 g/mol. The number of hydrogen-bond acceptors (Lipinski definition) is 3. The minimum Gasteiger partial charge on any atom is -0.369 e. The highest BCUT2D eigenvalue weighted by atomic mass is 16.2. The number of carbonyl (C=O) groups is 2. The zero-order chi connectivity index (χ0) is 18.4. The first-order valence-electron chi connectivity index (χ1n) is 9.25. The Labute approximate surface area is 151 Å². The number of amides is 2. The summed E-state index contributed by atoms with van der Waals surface area (Å²) < 4.78 is 0. The molecule has 0 radical (unpaired) electrons. The van der Waals surface area contributed by atoms with Crippen LogP contribution in [0.15, 0.2) is 24.3 Å². The molecule has 1 saturated heterocycles. The first-order chi connectivity index (χ1) is 11.8. The summed E-state index contributed by atoms with van der Waals surface area (Å²) >= 11 is 0. The molecular weight excluding hydrogens is 314 g/mol. The van der Waals surface area contributed by atoms with Crippen LogP contribution in [0.25, 0.3) is 0 Å². The van der Waals surface area contributed by atoms with Crippen LogP contribution in [0.2, 0.25) is 0 Å². The third kappa shape index (κ3) is 6.16. The number of carbonyl (C=O) groups excluding carboxylic acids is 2. The molecule has 1 aliphatic rings. The molecule has 1 unspecified atom stereocenters. The minimum atomic E-state index is -0.223. The SMILES string of the molecule is CC(C)Cc1ccc(C(C)NC(=O)CN2CCC(C(N)=O)CC2)cc1. The molecule has 0 spiro atoms. The predicted octanol–water partition coefficient (Wildman–Crippen LogP) is 2.26. The van der Waals surface area contributed by atoms with Gasteiger partial charge < -0.3 is 11.1 Å². The van der Waals surface area contributed by atoms with Gasteiger partial charge in [0.2, 0.25) is 11.8 Å². The third-order valence-corrected chi connectivity index (χ3v) is 4.86. The summed E-state index contributed by atoms with van der Waals surface area (Å²) in [6.45, 7) is 8.31. The number of benzene rings is 1. The summed E-state index contributed by atoms with van der Waals surface area (Å²) in [6, 6.07) is 8.48. The van der Waals surface area contributed by atoms with Crippen LogP contribution in [-0.4, -0.2) is 36.3 Å². The molecule has 1 fully saturated rings. The maximum atomic E-state index is 12.3. The Kier molecular flexibility index (Phi) is 7.00. The largest absolute Gasteiger partial charge is 0.369 e. The lowest BCUT2D eigenvalue weighted by atomic mass is 9.96. The highest BCUT2D eigenvalue weighted by Gasteiger charge is 2.24. The Morgan fingerprint density at radius 1 is 1.16 bits per heavy atom. The van der Waals surface area contributed by atoms with Crippen molar-refractivity contribution in [3.8, 4) is 0 Å². The molecule has 5 nitrogen and oxygen atoms in total. The van der Waals surface area contributed by atoms with Crippen molar-refractivity contribution in [2.75, 3.05) is 19.6 Å². The van der Waals surface area contributed by atoms with Crippen LogP contribution in [0.1, 0.15) is 50.8 Å². The standard InChI is InChI=1S/C20H31N3O2/c1-14(2)12-16-4-6-17(7-5-16)15(3)22-19(24)13-23-10-8-18(9-11-23)20(21)25/h4-7,14-15,18H,8-13H2,1-3H3,(H2,21,25)(H,22,24). The highest BCUT2D eigenvalue weighted by Crippen LogP contribution is 2.17. The van der Waals surface area contributed by atoms with Crippen molar-refractivity contribution in [2.24, 2.45) is 17.6 Å². The lowest BCUT2D eigenvalue weighted by Gasteiger charge is -2.30. The van der Waals surface area contributed by atoms with Crippen LogP contribution < -0.4 is 11.1 Å². The van der Waals surface area contributed by atoms with Gasteiger partial charge in [-0.1, -0.05) is 38.1 Å². The number of piperidine rings is 1. The van der Waals surface area contributed by atoms with Gasteiger partial charge in [0.15, 0.2) is 0 Å². The van der Waals surface area contributed by atoms with E-state index in [1.807, 2.05) is 6.92 Å². The van der Waals surface area contributed by atoms with E-state index in [-0.39, 0.29) is 23.8 Å². The molecule has 1 heterocycles. The molecule has 0 aromatic heterocycles. The normalized spacial score (nSPS) is 17.4. The molecule has 25 heavy (non-hydrogen) atoms. The van der Waals surface area contributed by atoms with Crippen molar-refractivity contribution in [1.82, 2.24) is 10.2 Å². The lowest BCUT2D eigenvalue weighted by Crippen LogP contribution is -2.44. The maximum Gasteiger partial charge on any atom is 0.234 e. The molecule has 2 rings (SSSR count). The van der Waals surface area contributed by atoms with E-state index in [1.54, 1.807) is 0 Å². The first-order valence-corrected chi connectivity index (χ1v) is 9.25. The van der Waals surface area contributed by atoms with Gasteiger partial charge in [0.1, 0.15) is 0 Å². The van der Waals surface area contributed by atoms with Crippen LogP contribution in [0, 0.1) is 11.8 Å². The number of nitrogens with one attached hydrogen (secondary N) is 1. The van der Waals surface area contributed by atoms with Crippen LogP contribution >= 0.6 is 0 Å². The molecule has 1 aliphatic heterocycles. The predicted molar refractivity (Wildman–Crippen MR) is 99.9 cm³/mol. The topological polar surface area (TPSA) is 75.4 Å². The zero-order valence-corrected chi connectivity index (χ0v) is 15.6. The van der Waals surface area contributed by atoms with Crippen LogP contribution in [-0.2, 0) is 16.0 Å². The molecule has 138 valence electrons. The third-order valence-electron chi connectivity index (χ3n) is 4.86. The van der Waals surface area contributed by atoms with E-state index in [2.05, 4.69) is 48.3 Å². The fraction of sp³-hybridized carbons (Fsp3) is 0.600. The van der Waals surface area contributed by atoms with Crippen molar-refractivity contribution in [3.05, 3.63) is 35.4 Å². The molecule has 5 heteroatoms. The van der Waals surface area contributed by atoms with E-state index >= 15 is 0 Å². The van der Waals surface area contributed by atoms with Gasteiger partial charge >= 0.3 is 0 Å². The molecule has 0 saturated carbocycles. The van der Waals surface area contributed by atoms with E-state index in [0.717, 1.165) is 37.9 Å². The Hall–Kier alpha value is -1.88. The summed E-state index contributed by atoms with van der Waals surface area (Å²) in [5.41, 5.74) is 7.79. The number of likely N-dealkylation sites (tertiary alicyclic amines) is 1. The smallest absolute Gasteiger partial charge is 0.234 e. The van der Waals surface area contributed by atoms with E-state index in [0.29, 0.717) is 12.5 Å². The summed E-state index contributed by atoms with van der Waals surface area (Å²) in [5, 5.41) is 3.07.